The first-order valence-electron chi connectivity index (χ1n) is 7.83. The Morgan fingerprint density at radius 3 is 1.89 bits per heavy atom. The summed E-state index contributed by atoms with van der Waals surface area (Å²) in [5.41, 5.74) is 0. The Kier molecular flexibility index (Phi) is 8.67. The molecule has 14 heteroatoms. The monoisotopic (exact) mass is 412 g/mol. The molecule has 0 aromatic carbocycles. The summed E-state index contributed by atoms with van der Waals surface area (Å²) in [5.74, 6) is -7.03. The van der Waals surface area contributed by atoms with Gasteiger partial charge in [0.1, 0.15) is 24.4 Å². The number of carbonyl (C=O) groups is 4. The first-order valence-corrected chi connectivity index (χ1v) is 7.83. The first kappa shape index (κ1) is 23.7. The van der Waals surface area contributed by atoms with Gasteiger partial charge in [-0.3, -0.25) is 0 Å². The summed E-state index contributed by atoms with van der Waals surface area (Å²) >= 11 is 0. The van der Waals surface area contributed by atoms with Crippen LogP contribution in [0, 0.1) is 0 Å². The smallest absolute Gasteiger partial charge is 0.358 e. The minimum Gasteiger partial charge on any atom is -0.391 e. The van der Waals surface area contributed by atoms with E-state index in [0.29, 0.717) is 0 Å². The zero-order valence-corrected chi connectivity index (χ0v) is 14.5. The minimum atomic E-state index is -2.64. The molecular weight excluding hydrogens is 392 g/mol. The Balaban J connectivity index is 2.42. The maximum absolute atomic E-state index is 11.6. The molecule has 0 saturated carbocycles. The van der Waals surface area contributed by atoms with Crippen LogP contribution in [0.3, 0.4) is 0 Å². The van der Waals surface area contributed by atoms with Gasteiger partial charge in [-0.15, -0.1) is 0 Å². The van der Waals surface area contributed by atoms with E-state index in [1.54, 1.807) is 0 Å². The third-order valence-electron chi connectivity index (χ3n) is 3.48. The summed E-state index contributed by atoms with van der Waals surface area (Å²) in [6.07, 6.45) is -9.43. The summed E-state index contributed by atoms with van der Waals surface area (Å²) in [4.78, 5) is 60.7. The fraction of sp³-hybridized carbons (Fsp3) is 0.714. The highest BCUT2D eigenvalue weighted by Gasteiger charge is 2.53. The zero-order chi connectivity index (χ0) is 21.5. The Bertz CT molecular complexity index is 591. The van der Waals surface area contributed by atoms with Crippen molar-refractivity contribution < 1.29 is 69.0 Å². The van der Waals surface area contributed by atoms with Crippen molar-refractivity contribution in [3.63, 3.8) is 0 Å². The largest absolute Gasteiger partial charge is 0.391 e. The molecule has 0 spiro atoms. The predicted molar refractivity (Wildman–Crippen MR) is 78.8 cm³/mol. The predicted octanol–water partition coefficient (Wildman–Crippen LogP) is -3.66. The van der Waals surface area contributed by atoms with Gasteiger partial charge in [-0.2, -0.15) is 0 Å². The average Bonchev–Trinajstić information content (AvgIpc) is 2.65. The van der Waals surface area contributed by atoms with E-state index in [9.17, 15) is 39.6 Å². The van der Waals surface area contributed by atoms with Crippen molar-refractivity contribution in [1.29, 1.82) is 0 Å². The molecule has 0 aliphatic carbocycles. The lowest BCUT2D eigenvalue weighted by atomic mass is 9.91. The molecule has 0 aromatic rings. The molecule has 5 N–H and O–H groups in total. The second-order valence-corrected chi connectivity index (χ2v) is 5.73. The summed E-state index contributed by atoms with van der Waals surface area (Å²) < 4.78 is 4.82. The molecule has 28 heavy (non-hydrogen) atoms. The normalized spacial score (nSPS) is 29.5. The van der Waals surface area contributed by atoms with Crippen molar-refractivity contribution in [3.8, 4) is 0 Å². The number of aliphatic hydroxyl groups is 5. The van der Waals surface area contributed by atoms with Crippen LogP contribution < -0.4 is 0 Å². The third-order valence-corrected chi connectivity index (χ3v) is 3.48. The average molecular weight is 412 g/mol. The molecule has 1 fully saturated rings. The summed E-state index contributed by atoms with van der Waals surface area (Å²) in [6, 6.07) is 0. The molecule has 1 saturated heterocycles. The lowest BCUT2D eigenvalue weighted by Gasteiger charge is -2.44. The van der Waals surface area contributed by atoms with E-state index in [0.717, 1.165) is 6.92 Å². The minimum absolute atomic E-state index is 0.554. The summed E-state index contributed by atoms with van der Waals surface area (Å²) in [5, 5.41) is 47.9. The van der Waals surface area contributed by atoms with E-state index in [2.05, 4.69) is 19.6 Å². The quantitative estimate of drug-likeness (QED) is 0.210. The maximum Gasteiger partial charge on any atom is 0.358 e. The van der Waals surface area contributed by atoms with Crippen LogP contribution in [0.2, 0.25) is 0 Å². The first-order chi connectivity index (χ1) is 13.0. The van der Waals surface area contributed by atoms with Gasteiger partial charge in [0.05, 0.1) is 25.9 Å². The van der Waals surface area contributed by atoms with Crippen molar-refractivity contribution in [1.82, 2.24) is 0 Å². The Morgan fingerprint density at radius 2 is 1.39 bits per heavy atom. The van der Waals surface area contributed by atoms with Gasteiger partial charge in [-0.1, -0.05) is 0 Å². The third kappa shape index (κ3) is 6.66. The molecule has 1 unspecified atom stereocenters. The molecular formula is C14H20O14. The standard InChI is InChI=1S/C14H20O14/c1-6(16)25-26-8(17)2-3-9(18)27-28-10(19)4-7-11(20)12(21)13(22)14(23,5-15)24-7/h7,11-13,15,20-23H,2-5H2,1H3/t7?,11-,12-,13+,14+/m1/s1. The molecule has 0 bridgehead atoms. The van der Waals surface area contributed by atoms with Gasteiger partial charge in [0.25, 0.3) is 0 Å². The van der Waals surface area contributed by atoms with Crippen LogP contribution in [-0.4, -0.2) is 86.2 Å². The fourth-order valence-electron chi connectivity index (χ4n) is 2.05. The van der Waals surface area contributed by atoms with Gasteiger partial charge in [-0.05, 0) is 0 Å². The van der Waals surface area contributed by atoms with Crippen LogP contribution in [0.4, 0.5) is 0 Å². The van der Waals surface area contributed by atoms with Crippen molar-refractivity contribution >= 4 is 23.9 Å². The van der Waals surface area contributed by atoms with E-state index >= 15 is 0 Å². The van der Waals surface area contributed by atoms with Gasteiger partial charge in [0, 0.05) is 6.92 Å². The number of rotatable bonds is 6. The van der Waals surface area contributed by atoms with Crippen molar-refractivity contribution in [3.05, 3.63) is 0 Å². The van der Waals surface area contributed by atoms with Crippen LogP contribution in [0.5, 0.6) is 0 Å². The number of carbonyl (C=O) groups excluding carboxylic acids is 4. The van der Waals surface area contributed by atoms with Gasteiger partial charge in [0.15, 0.2) is 0 Å². The molecule has 1 rings (SSSR count). The number of aliphatic hydroxyl groups excluding tert-OH is 4. The summed E-state index contributed by atoms with van der Waals surface area (Å²) in [7, 11) is 0. The molecule has 0 radical (unpaired) electrons. The van der Waals surface area contributed by atoms with Crippen LogP contribution >= 0.6 is 0 Å². The molecule has 5 atom stereocenters. The molecule has 160 valence electrons. The van der Waals surface area contributed by atoms with Crippen molar-refractivity contribution in [2.75, 3.05) is 6.61 Å². The van der Waals surface area contributed by atoms with E-state index in [1.165, 1.54) is 0 Å². The highest BCUT2D eigenvalue weighted by atomic mass is 17.2. The molecule has 14 nitrogen and oxygen atoms in total. The van der Waals surface area contributed by atoms with Crippen molar-refractivity contribution in [2.45, 2.75) is 56.4 Å². The van der Waals surface area contributed by atoms with Crippen molar-refractivity contribution in [2.24, 2.45) is 0 Å². The second kappa shape index (κ2) is 10.3. The Hall–Kier alpha value is -2.36. The Labute approximate surface area is 157 Å². The van der Waals surface area contributed by atoms with Crippen LogP contribution in [0.1, 0.15) is 26.2 Å². The summed E-state index contributed by atoms with van der Waals surface area (Å²) in [6.45, 7) is -0.170. The van der Waals surface area contributed by atoms with E-state index in [4.69, 9.17) is 9.84 Å². The molecule has 1 aliphatic rings. The molecule has 1 aliphatic heterocycles. The molecule has 1 heterocycles. The maximum atomic E-state index is 11.6. The van der Waals surface area contributed by atoms with E-state index < -0.39 is 79.9 Å². The van der Waals surface area contributed by atoms with Gasteiger partial charge in [-0.25, -0.2) is 38.7 Å². The SMILES string of the molecule is CC(=O)OOC(=O)CCC(=O)OOC(=O)CC1O[C@@](O)(CO)[C@@H](O)[C@H](O)[C@@H]1O. The van der Waals surface area contributed by atoms with Crippen LogP contribution in [-0.2, 0) is 43.5 Å². The lowest BCUT2D eigenvalue weighted by Crippen LogP contribution is -2.66. The lowest BCUT2D eigenvalue weighted by molar-refractivity contribution is -0.355. The fourth-order valence-corrected chi connectivity index (χ4v) is 2.05. The highest BCUT2D eigenvalue weighted by Crippen LogP contribution is 2.29. The van der Waals surface area contributed by atoms with Gasteiger partial charge < -0.3 is 30.3 Å². The topological polar surface area (TPSA) is 216 Å². The highest BCUT2D eigenvalue weighted by molar-refractivity contribution is 5.78. The molecule has 0 amide bonds. The zero-order valence-electron chi connectivity index (χ0n) is 14.5. The number of hydrogen-bond donors (Lipinski definition) is 5. The van der Waals surface area contributed by atoms with E-state index in [1.807, 2.05) is 0 Å². The Morgan fingerprint density at radius 1 is 0.893 bits per heavy atom. The number of hydrogen-bond acceptors (Lipinski definition) is 14. The van der Waals surface area contributed by atoms with Crippen LogP contribution in [0.15, 0.2) is 0 Å². The number of ether oxygens (including phenoxy) is 1. The van der Waals surface area contributed by atoms with E-state index in [-0.39, 0.29) is 0 Å². The van der Waals surface area contributed by atoms with Gasteiger partial charge in [0.2, 0.25) is 5.79 Å². The second-order valence-electron chi connectivity index (χ2n) is 5.73. The van der Waals surface area contributed by atoms with Crippen LogP contribution in [0.25, 0.3) is 0 Å². The molecule has 0 aromatic heterocycles. The van der Waals surface area contributed by atoms with Gasteiger partial charge >= 0.3 is 23.9 Å².